The van der Waals surface area contributed by atoms with E-state index in [0.717, 1.165) is 0 Å². The minimum absolute atomic E-state index is 0.0743. The zero-order valence-electron chi connectivity index (χ0n) is 11.7. The van der Waals surface area contributed by atoms with Crippen molar-refractivity contribution >= 4 is 10.9 Å². The second-order valence-electron chi connectivity index (χ2n) is 5.81. The van der Waals surface area contributed by atoms with Crippen LogP contribution in [0.3, 0.4) is 0 Å². The molecule has 1 aromatic heterocycles. The molecule has 2 aromatic rings. The predicted octanol–water partition coefficient (Wildman–Crippen LogP) is 2.13. The Balaban J connectivity index is 2.33. The van der Waals surface area contributed by atoms with Crippen molar-refractivity contribution in [3.05, 3.63) is 29.7 Å². The molecule has 0 aliphatic carbocycles. The molecular formula is C14H20FN3O. The molecule has 104 valence electrons. The number of rotatable bonds is 3. The molecule has 0 amide bonds. The Morgan fingerprint density at radius 3 is 2.74 bits per heavy atom. The van der Waals surface area contributed by atoms with Gasteiger partial charge >= 0.3 is 0 Å². The van der Waals surface area contributed by atoms with Gasteiger partial charge in [0, 0.05) is 24.5 Å². The van der Waals surface area contributed by atoms with Gasteiger partial charge in [0.2, 0.25) is 0 Å². The average molecular weight is 265 g/mol. The zero-order valence-corrected chi connectivity index (χ0v) is 11.7. The lowest BCUT2D eigenvalue weighted by Gasteiger charge is -2.23. The Bertz CT molecular complexity index is 586. The van der Waals surface area contributed by atoms with Gasteiger partial charge in [0.15, 0.2) is 0 Å². The molecular weight excluding hydrogens is 245 g/mol. The lowest BCUT2D eigenvalue weighted by Crippen LogP contribution is -2.38. The van der Waals surface area contributed by atoms with Gasteiger partial charge in [0.1, 0.15) is 11.3 Å². The van der Waals surface area contributed by atoms with Crippen LogP contribution in [0.2, 0.25) is 0 Å². The van der Waals surface area contributed by atoms with E-state index in [-0.39, 0.29) is 11.4 Å². The Labute approximate surface area is 112 Å². The van der Waals surface area contributed by atoms with Crippen LogP contribution >= 0.6 is 0 Å². The van der Waals surface area contributed by atoms with Crippen LogP contribution in [-0.4, -0.2) is 27.0 Å². The van der Waals surface area contributed by atoms with Crippen molar-refractivity contribution in [2.24, 2.45) is 7.05 Å². The van der Waals surface area contributed by atoms with Crippen molar-refractivity contribution in [1.29, 1.82) is 0 Å². The monoisotopic (exact) mass is 265 g/mol. The third-order valence-electron chi connectivity index (χ3n) is 3.07. The fraction of sp³-hybridized carbons (Fsp3) is 0.500. The SMILES string of the molecule is Cn1ncc2c([C@@H](O)CNC(C)(C)C)ccc(F)c21. The van der Waals surface area contributed by atoms with Crippen molar-refractivity contribution in [2.75, 3.05) is 6.54 Å². The normalized spacial score (nSPS) is 14.0. The summed E-state index contributed by atoms with van der Waals surface area (Å²) in [6.45, 7) is 6.51. The van der Waals surface area contributed by atoms with Gasteiger partial charge in [-0.15, -0.1) is 0 Å². The maximum absolute atomic E-state index is 13.7. The molecule has 0 aliphatic rings. The molecule has 0 spiro atoms. The Kier molecular flexibility index (Phi) is 3.60. The Morgan fingerprint density at radius 1 is 1.42 bits per heavy atom. The number of halogens is 1. The number of benzene rings is 1. The molecule has 1 aromatic carbocycles. The molecule has 4 nitrogen and oxygen atoms in total. The van der Waals surface area contributed by atoms with Crippen LogP contribution in [0.25, 0.3) is 10.9 Å². The van der Waals surface area contributed by atoms with E-state index in [4.69, 9.17) is 0 Å². The highest BCUT2D eigenvalue weighted by molar-refractivity contribution is 5.83. The second kappa shape index (κ2) is 4.90. The van der Waals surface area contributed by atoms with Crippen LogP contribution in [0.5, 0.6) is 0 Å². The summed E-state index contributed by atoms with van der Waals surface area (Å²) >= 11 is 0. The number of aromatic nitrogens is 2. The van der Waals surface area contributed by atoms with E-state index in [1.807, 2.05) is 20.8 Å². The predicted molar refractivity (Wildman–Crippen MR) is 73.4 cm³/mol. The summed E-state index contributed by atoms with van der Waals surface area (Å²) in [4.78, 5) is 0. The summed E-state index contributed by atoms with van der Waals surface area (Å²) in [7, 11) is 1.69. The van der Waals surface area contributed by atoms with Gasteiger partial charge in [-0.2, -0.15) is 5.10 Å². The smallest absolute Gasteiger partial charge is 0.149 e. The first kappa shape index (κ1) is 14.0. The number of hydrogen-bond acceptors (Lipinski definition) is 3. The Hall–Kier alpha value is -1.46. The number of β-amino-alcohol motifs (C(OH)–C–C–N with tert-alkyl or cyclic N) is 1. The number of hydrogen-bond donors (Lipinski definition) is 2. The summed E-state index contributed by atoms with van der Waals surface area (Å²) in [5.41, 5.74) is 1.04. The molecule has 0 bridgehead atoms. The first-order valence-electron chi connectivity index (χ1n) is 6.33. The first-order chi connectivity index (χ1) is 8.79. The number of aliphatic hydroxyl groups excluding tert-OH is 1. The van der Waals surface area contributed by atoms with Gasteiger partial charge < -0.3 is 10.4 Å². The third kappa shape index (κ3) is 2.93. The molecule has 0 saturated carbocycles. The molecule has 1 heterocycles. The van der Waals surface area contributed by atoms with Crippen molar-refractivity contribution < 1.29 is 9.50 Å². The summed E-state index contributed by atoms with van der Waals surface area (Å²) in [6.07, 6.45) is 0.903. The third-order valence-corrected chi connectivity index (χ3v) is 3.07. The number of fused-ring (bicyclic) bond motifs is 1. The molecule has 0 aliphatic heterocycles. The van der Waals surface area contributed by atoms with E-state index >= 15 is 0 Å². The van der Waals surface area contributed by atoms with Crippen molar-refractivity contribution in [1.82, 2.24) is 15.1 Å². The molecule has 0 saturated heterocycles. The highest BCUT2D eigenvalue weighted by Gasteiger charge is 2.18. The zero-order chi connectivity index (χ0) is 14.2. The van der Waals surface area contributed by atoms with Gasteiger partial charge in [-0.25, -0.2) is 4.39 Å². The lowest BCUT2D eigenvalue weighted by molar-refractivity contribution is 0.164. The Morgan fingerprint density at radius 2 is 2.11 bits per heavy atom. The minimum atomic E-state index is -0.688. The van der Waals surface area contributed by atoms with Gasteiger partial charge in [-0.1, -0.05) is 6.07 Å². The van der Waals surface area contributed by atoms with Crippen molar-refractivity contribution in [3.63, 3.8) is 0 Å². The van der Waals surface area contributed by atoms with Crippen LogP contribution in [0.15, 0.2) is 18.3 Å². The molecule has 0 radical (unpaired) electrons. The van der Waals surface area contributed by atoms with Gasteiger partial charge in [-0.3, -0.25) is 4.68 Å². The molecule has 19 heavy (non-hydrogen) atoms. The van der Waals surface area contributed by atoms with E-state index in [1.165, 1.54) is 10.7 Å². The average Bonchev–Trinajstić information content (AvgIpc) is 2.69. The van der Waals surface area contributed by atoms with E-state index in [9.17, 15) is 9.50 Å². The van der Waals surface area contributed by atoms with E-state index in [1.54, 1.807) is 19.3 Å². The molecule has 1 atom stereocenters. The fourth-order valence-electron chi connectivity index (χ4n) is 2.07. The largest absolute Gasteiger partial charge is 0.387 e. The van der Waals surface area contributed by atoms with Gasteiger partial charge in [0.25, 0.3) is 0 Å². The standard InChI is InChI=1S/C14H20FN3O/c1-14(2,3)16-8-12(19)9-5-6-11(15)13-10(9)7-17-18(13)4/h5-7,12,16,19H,8H2,1-4H3/t12-/m0/s1. The molecule has 0 unspecified atom stereocenters. The molecule has 2 rings (SSSR count). The topological polar surface area (TPSA) is 50.1 Å². The fourth-order valence-corrected chi connectivity index (χ4v) is 2.07. The van der Waals surface area contributed by atoms with E-state index in [0.29, 0.717) is 23.0 Å². The van der Waals surface area contributed by atoms with Crippen LogP contribution in [0.1, 0.15) is 32.4 Å². The van der Waals surface area contributed by atoms with Crippen molar-refractivity contribution in [2.45, 2.75) is 32.4 Å². The maximum atomic E-state index is 13.7. The lowest BCUT2D eigenvalue weighted by atomic mass is 10.0. The summed E-state index contributed by atoms with van der Waals surface area (Å²) in [5.74, 6) is -0.324. The van der Waals surface area contributed by atoms with Crippen molar-refractivity contribution in [3.8, 4) is 0 Å². The first-order valence-corrected chi connectivity index (χ1v) is 6.33. The number of aliphatic hydroxyl groups is 1. The summed E-state index contributed by atoms with van der Waals surface area (Å²) in [6, 6.07) is 2.99. The van der Waals surface area contributed by atoms with E-state index < -0.39 is 6.10 Å². The van der Waals surface area contributed by atoms with Crippen LogP contribution in [0, 0.1) is 5.82 Å². The summed E-state index contributed by atoms with van der Waals surface area (Å²) in [5, 5.41) is 18.2. The highest BCUT2D eigenvalue weighted by atomic mass is 19.1. The van der Waals surface area contributed by atoms with Crippen LogP contribution in [0.4, 0.5) is 4.39 Å². The highest BCUT2D eigenvalue weighted by Crippen LogP contribution is 2.26. The number of nitrogens with one attached hydrogen (secondary N) is 1. The summed E-state index contributed by atoms with van der Waals surface area (Å²) < 4.78 is 15.2. The molecule has 2 N–H and O–H groups in total. The molecule has 5 heteroatoms. The van der Waals surface area contributed by atoms with Crippen LogP contribution < -0.4 is 5.32 Å². The minimum Gasteiger partial charge on any atom is -0.387 e. The van der Waals surface area contributed by atoms with Gasteiger partial charge in [0.05, 0.1) is 12.3 Å². The number of nitrogens with zero attached hydrogens (tertiary/aromatic N) is 2. The van der Waals surface area contributed by atoms with Gasteiger partial charge in [-0.05, 0) is 32.4 Å². The second-order valence-corrected chi connectivity index (χ2v) is 5.81. The maximum Gasteiger partial charge on any atom is 0.149 e. The number of aryl methyl sites for hydroxylation is 1. The quantitative estimate of drug-likeness (QED) is 0.894. The van der Waals surface area contributed by atoms with Crippen LogP contribution in [-0.2, 0) is 7.05 Å². The van der Waals surface area contributed by atoms with E-state index in [2.05, 4.69) is 10.4 Å². The molecule has 0 fully saturated rings.